The average Bonchev–Trinajstić information content (AvgIpc) is 3.01. The molecule has 0 N–H and O–H groups in total. The van der Waals surface area contributed by atoms with E-state index in [4.69, 9.17) is 4.42 Å². The zero-order valence-corrected chi connectivity index (χ0v) is 12.0. The highest BCUT2D eigenvalue weighted by molar-refractivity contribution is 9.10. The van der Waals surface area contributed by atoms with E-state index in [-0.39, 0.29) is 5.78 Å². The minimum absolute atomic E-state index is 0.127. The molecule has 2 heterocycles. The van der Waals surface area contributed by atoms with Gasteiger partial charge in [-0.3, -0.25) is 9.78 Å². The van der Waals surface area contributed by atoms with Crippen molar-refractivity contribution in [3.05, 3.63) is 76.7 Å². The molecule has 0 radical (unpaired) electrons. The van der Waals surface area contributed by atoms with Crippen LogP contribution in [0.5, 0.6) is 0 Å². The summed E-state index contributed by atoms with van der Waals surface area (Å²) in [5.41, 5.74) is 1.74. The van der Waals surface area contributed by atoms with Crippen molar-refractivity contribution in [2.45, 2.75) is 0 Å². The van der Waals surface area contributed by atoms with Crippen molar-refractivity contribution in [2.24, 2.45) is 0 Å². The standard InChI is InChI=1S/C16H10BrNO2/c17-11-6-7-12(15-5-3-9-20-15)13(10-11)16(19)14-4-1-2-8-18-14/h1-10H. The first-order valence-corrected chi connectivity index (χ1v) is 6.84. The van der Waals surface area contributed by atoms with Crippen LogP contribution in [0, 0.1) is 0 Å². The molecule has 3 aromatic rings. The summed E-state index contributed by atoms with van der Waals surface area (Å²) in [5.74, 6) is 0.537. The second-order valence-electron chi connectivity index (χ2n) is 4.21. The highest BCUT2D eigenvalue weighted by atomic mass is 79.9. The third kappa shape index (κ3) is 2.42. The van der Waals surface area contributed by atoms with Crippen LogP contribution in [0.25, 0.3) is 11.3 Å². The summed E-state index contributed by atoms with van der Waals surface area (Å²) in [4.78, 5) is 16.7. The molecule has 0 spiro atoms. The average molecular weight is 328 g/mol. The predicted molar refractivity (Wildman–Crippen MR) is 79.5 cm³/mol. The normalized spacial score (nSPS) is 10.4. The van der Waals surface area contributed by atoms with E-state index in [1.807, 2.05) is 18.2 Å². The highest BCUT2D eigenvalue weighted by Gasteiger charge is 2.17. The fraction of sp³-hybridized carbons (Fsp3) is 0. The number of carbonyl (C=O) groups is 1. The van der Waals surface area contributed by atoms with Gasteiger partial charge in [0.1, 0.15) is 11.5 Å². The number of rotatable bonds is 3. The van der Waals surface area contributed by atoms with Crippen LogP contribution in [0.2, 0.25) is 0 Å². The number of furan rings is 1. The number of aromatic nitrogens is 1. The summed E-state index contributed by atoms with van der Waals surface area (Å²) in [6.07, 6.45) is 3.20. The Balaban J connectivity index is 2.13. The number of carbonyl (C=O) groups excluding carboxylic acids is 1. The van der Waals surface area contributed by atoms with Gasteiger partial charge in [0.05, 0.1) is 6.26 Å². The van der Waals surface area contributed by atoms with Crippen molar-refractivity contribution in [1.29, 1.82) is 0 Å². The van der Waals surface area contributed by atoms with Gasteiger partial charge in [-0.25, -0.2) is 0 Å². The van der Waals surface area contributed by atoms with Crippen LogP contribution >= 0.6 is 15.9 Å². The summed E-state index contributed by atoms with van der Waals surface area (Å²) in [6, 6.07) is 14.4. The zero-order valence-electron chi connectivity index (χ0n) is 10.4. The van der Waals surface area contributed by atoms with Crippen LogP contribution < -0.4 is 0 Å². The molecule has 98 valence electrons. The van der Waals surface area contributed by atoms with Crippen molar-refractivity contribution in [3.63, 3.8) is 0 Å². The van der Waals surface area contributed by atoms with E-state index in [2.05, 4.69) is 20.9 Å². The molecule has 0 unspecified atom stereocenters. The van der Waals surface area contributed by atoms with E-state index in [9.17, 15) is 4.79 Å². The smallest absolute Gasteiger partial charge is 0.212 e. The summed E-state index contributed by atoms with van der Waals surface area (Å²) in [6.45, 7) is 0. The minimum Gasteiger partial charge on any atom is -0.464 e. The Morgan fingerprint density at radius 1 is 1.10 bits per heavy atom. The molecule has 0 aliphatic rings. The van der Waals surface area contributed by atoms with Crippen LogP contribution in [0.4, 0.5) is 0 Å². The van der Waals surface area contributed by atoms with Crippen LogP contribution in [-0.2, 0) is 0 Å². The predicted octanol–water partition coefficient (Wildman–Crippen LogP) is 4.34. The molecular weight excluding hydrogens is 318 g/mol. The van der Waals surface area contributed by atoms with E-state index < -0.39 is 0 Å². The third-order valence-corrected chi connectivity index (χ3v) is 3.40. The van der Waals surface area contributed by atoms with Gasteiger partial charge in [0.2, 0.25) is 5.78 Å². The number of halogens is 1. The molecule has 4 heteroatoms. The summed E-state index contributed by atoms with van der Waals surface area (Å²) in [5, 5.41) is 0. The fourth-order valence-electron chi connectivity index (χ4n) is 1.99. The van der Waals surface area contributed by atoms with Gasteiger partial charge in [0.15, 0.2) is 0 Å². The van der Waals surface area contributed by atoms with Crippen LogP contribution in [0.3, 0.4) is 0 Å². The van der Waals surface area contributed by atoms with Crippen LogP contribution in [0.15, 0.2) is 69.9 Å². The SMILES string of the molecule is O=C(c1ccccn1)c1cc(Br)ccc1-c1ccco1. The number of hydrogen-bond acceptors (Lipinski definition) is 3. The second-order valence-corrected chi connectivity index (χ2v) is 5.13. The lowest BCUT2D eigenvalue weighted by atomic mass is 9.99. The fourth-order valence-corrected chi connectivity index (χ4v) is 2.35. The number of nitrogens with zero attached hydrogens (tertiary/aromatic N) is 1. The van der Waals surface area contributed by atoms with Gasteiger partial charge in [-0.1, -0.05) is 22.0 Å². The molecule has 1 aromatic carbocycles. The van der Waals surface area contributed by atoms with Crippen molar-refractivity contribution < 1.29 is 9.21 Å². The maximum absolute atomic E-state index is 12.6. The van der Waals surface area contributed by atoms with Crippen LogP contribution in [-0.4, -0.2) is 10.8 Å². The van der Waals surface area contributed by atoms with Gasteiger partial charge < -0.3 is 4.42 Å². The summed E-state index contributed by atoms with van der Waals surface area (Å²) >= 11 is 3.40. The summed E-state index contributed by atoms with van der Waals surface area (Å²) < 4.78 is 6.24. The molecule has 0 amide bonds. The molecule has 3 rings (SSSR count). The van der Waals surface area contributed by atoms with Crippen molar-refractivity contribution in [2.75, 3.05) is 0 Å². The molecule has 0 saturated carbocycles. The number of hydrogen-bond donors (Lipinski definition) is 0. The largest absolute Gasteiger partial charge is 0.464 e. The Kier molecular flexibility index (Phi) is 3.48. The topological polar surface area (TPSA) is 43.1 Å². The van der Waals surface area contributed by atoms with Crippen molar-refractivity contribution in [1.82, 2.24) is 4.98 Å². The minimum atomic E-state index is -0.127. The maximum Gasteiger partial charge on any atom is 0.212 e. The maximum atomic E-state index is 12.6. The van der Waals surface area contributed by atoms with Crippen molar-refractivity contribution in [3.8, 4) is 11.3 Å². The van der Waals surface area contributed by atoms with E-state index >= 15 is 0 Å². The first-order valence-electron chi connectivity index (χ1n) is 6.05. The summed E-state index contributed by atoms with van der Waals surface area (Å²) in [7, 11) is 0. The van der Waals surface area contributed by atoms with E-state index in [0.717, 1.165) is 10.0 Å². The lowest BCUT2D eigenvalue weighted by Crippen LogP contribution is -2.05. The van der Waals surface area contributed by atoms with Gasteiger partial charge >= 0.3 is 0 Å². The quantitative estimate of drug-likeness (QED) is 0.672. The van der Waals surface area contributed by atoms with E-state index in [0.29, 0.717) is 17.0 Å². The Hall–Kier alpha value is -2.20. The monoisotopic (exact) mass is 327 g/mol. The molecule has 20 heavy (non-hydrogen) atoms. The zero-order chi connectivity index (χ0) is 13.9. The molecule has 3 nitrogen and oxygen atoms in total. The van der Waals surface area contributed by atoms with Gasteiger partial charge in [0.25, 0.3) is 0 Å². The first kappa shape index (κ1) is 12.8. The van der Waals surface area contributed by atoms with Gasteiger partial charge in [-0.15, -0.1) is 0 Å². The molecular formula is C16H10BrNO2. The first-order chi connectivity index (χ1) is 9.75. The van der Waals surface area contributed by atoms with Crippen molar-refractivity contribution >= 4 is 21.7 Å². The molecule has 0 fully saturated rings. The third-order valence-electron chi connectivity index (χ3n) is 2.91. The Labute approximate surface area is 124 Å². The molecule has 0 atom stereocenters. The molecule has 0 aliphatic carbocycles. The second kappa shape index (κ2) is 5.43. The number of benzene rings is 1. The molecule has 0 saturated heterocycles. The van der Waals surface area contributed by atoms with Gasteiger partial charge in [-0.05, 0) is 42.5 Å². The Morgan fingerprint density at radius 3 is 2.70 bits per heavy atom. The number of ketones is 1. The number of pyridine rings is 1. The lowest BCUT2D eigenvalue weighted by molar-refractivity contribution is 0.103. The van der Waals surface area contributed by atoms with E-state index in [1.54, 1.807) is 42.8 Å². The molecule has 2 aromatic heterocycles. The van der Waals surface area contributed by atoms with E-state index in [1.165, 1.54) is 0 Å². The van der Waals surface area contributed by atoms with Gasteiger partial charge in [0, 0.05) is 21.8 Å². The Bertz CT molecular complexity index is 736. The van der Waals surface area contributed by atoms with Crippen LogP contribution in [0.1, 0.15) is 16.1 Å². The highest BCUT2D eigenvalue weighted by Crippen LogP contribution is 2.28. The van der Waals surface area contributed by atoms with Gasteiger partial charge in [-0.2, -0.15) is 0 Å². The Morgan fingerprint density at radius 2 is 2.00 bits per heavy atom. The molecule has 0 bridgehead atoms. The lowest BCUT2D eigenvalue weighted by Gasteiger charge is -2.07. The molecule has 0 aliphatic heterocycles.